The number of para-hydroxylation sites is 1. The van der Waals surface area contributed by atoms with E-state index in [1.54, 1.807) is 0 Å². The first-order chi connectivity index (χ1) is 9.61. The van der Waals surface area contributed by atoms with Crippen LogP contribution in [0.25, 0.3) is 10.9 Å². The summed E-state index contributed by atoms with van der Waals surface area (Å²) in [7, 11) is 0. The van der Waals surface area contributed by atoms with Gasteiger partial charge in [-0.05, 0) is 25.0 Å². The van der Waals surface area contributed by atoms with Gasteiger partial charge < -0.3 is 5.32 Å². The molecule has 1 aromatic heterocycles. The summed E-state index contributed by atoms with van der Waals surface area (Å²) in [4.78, 5) is 4.76. The Morgan fingerprint density at radius 1 is 1.20 bits per heavy atom. The number of rotatable bonds is 6. The molecule has 2 nitrogen and oxygen atoms in total. The minimum atomic E-state index is 0.663. The van der Waals surface area contributed by atoms with Gasteiger partial charge in [0.05, 0.1) is 5.52 Å². The molecule has 0 saturated carbocycles. The number of fused-ring (bicyclic) bond motifs is 1. The highest BCUT2D eigenvalue weighted by Gasteiger charge is 2.11. The fourth-order valence-corrected chi connectivity index (χ4v) is 3.05. The molecule has 0 aliphatic rings. The third kappa shape index (κ3) is 3.66. The zero-order valence-corrected chi connectivity index (χ0v) is 13.6. The van der Waals surface area contributed by atoms with Gasteiger partial charge in [0.1, 0.15) is 5.82 Å². The van der Waals surface area contributed by atoms with Crippen molar-refractivity contribution in [3.05, 3.63) is 35.9 Å². The molecule has 20 heavy (non-hydrogen) atoms. The number of hydrogen-bond acceptors (Lipinski definition) is 3. The molecule has 1 heterocycles. The maximum atomic E-state index is 4.76. The Morgan fingerprint density at radius 3 is 2.65 bits per heavy atom. The van der Waals surface area contributed by atoms with Gasteiger partial charge in [0.25, 0.3) is 0 Å². The van der Waals surface area contributed by atoms with Crippen LogP contribution in [0, 0.1) is 5.92 Å². The summed E-state index contributed by atoms with van der Waals surface area (Å²) in [6.07, 6.45) is 0. The average Bonchev–Trinajstić information content (AvgIpc) is 2.44. The number of anilines is 1. The highest BCUT2D eigenvalue weighted by atomic mass is 32.2. The number of benzene rings is 1. The van der Waals surface area contributed by atoms with E-state index in [1.807, 2.05) is 17.8 Å². The van der Waals surface area contributed by atoms with E-state index in [0.717, 1.165) is 23.6 Å². The number of aromatic nitrogens is 1. The fourth-order valence-electron chi connectivity index (χ4n) is 2.00. The SMILES string of the molecule is CCNc1nc2ccccc2cc1CSC(C)C(C)C. The van der Waals surface area contributed by atoms with Crippen LogP contribution in [0.3, 0.4) is 0 Å². The second-order valence-electron chi connectivity index (χ2n) is 5.48. The van der Waals surface area contributed by atoms with Crippen molar-refractivity contribution in [2.75, 3.05) is 11.9 Å². The third-order valence-corrected chi connectivity index (χ3v) is 5.14. The first-order valence-corrected chi connectivity index (χ1v) is 8.40. The van der Waals surface area contributed by atoms with E-state index < -0.39 is 0 Å². The van der Waals surface area contributed by atoms with Crippen LogP contribution in [-0.4, -0.2) is 16.8 Å². The molecule has 0 bridgehead atoms. The summed E-state index contributed by atoms with van der Waals surface area (Å²) in [5, 5.41) is 5.28. The van der Waals surface area contributed by atoms with Crippen molar-refractivity contribution in [3.8, 4) is 0 Å². The van der Waals surface area contributed by atoms with E-state index in [1.165, 1.54) is 10.9 Å². The summed E-state index contributed by atoms with van der Waals surface area (Å²) in [5.41, 5.74) is 2.37. The predicted molar refractivity (Wildman–Crippen MR) is 91.5 cm³/mol. The van der Waals surface area contributed by atoms with Crippen LogP contribution in [0.15, 0.2) is 30.3 Å². The monoisotopic (exact) mass is 288 g/mol. The molecule has 0 fully saturated rings. The summed E-state index contributed by atoms with van der Waals surface area (Å²) in [5.74, 6) is 2.75. The van der Waals surface area contributed by atoms with Crippen LogP contribution in [0.4, 0.5) is 5.82 Å². The number of thioether (sulfide) groups is 1. The second-order valence-corrected chi connectivity index (χ2v) is 6.84. The van der Waals surface area contributed by atoms with Crippen molar-refractivity contribution >= 4 is 28.5 Å². The lowest BCUT2D eigenvalue weighted by Crippen LogP contribution is -2.08. The minimum Gasteiger partial charge on any atom is -0.370 e. The van der Waals surface area contributed by atoms with E-state index >= 15 is 0 Å². The Kier molecular flexibility index (Phi) is 5.30. The molecule has 2 rings (SSSR count). The summed E-state index contributed by atoms with van der Waals surface area (Å²) >= 11 is 2.01. The Labute approximate surface area is 126 Å². The lowest BCUT2D eigenvalue weighted by atomic mass is 10.1. The summed E-state index contributed by atoms with van der Waals surface area (Å²) < 4.78 is 0. The Hall–Kier alpha value is -1.22. The first-order valence-electron chi connectivity index (χ1n) is 7.36. The molecular weight excluding hydrogens is 264 g/mol. The van der Waals surface area contributed by atoms with Crippen LogP contribution < -0.4 is 5.32 Å². The van der Waals surface area contributed by atoms with Crippen LogP contribution in [-0.2, 0) is 5.75 Å². The molecule has 1 N–H and O–H groups in total. The highest BCUT2D eigenvalue weighted by Crippen LogP contribution is 2.28. The highest BCUT2D eigenvalue weighted by molar-refractivity contribution is 7.99. The summed E-state index contributed by atoms with van der Waals surface area (Å²) in [6, 6.07) is 10.6. The maximum Gasteiger partial charge on any atom is 0.130 e. The van der Waals surface area contributed by atoms with Crippen LogP contribution in [0.1, 0.15) is 33.3 Å². The van der Waals surface area contributed by atoms with E-state index in [0.29, 0.717) is 11.2 Å². The third-order valence-electron chi connectivity index (χ3n) is 3.59. The molecule has 108 valence electrons. The number of nitrogens with one attached hydrogen (secondary N) is 1. The molecule has 0 amide bonds. The second kappa shape index (κ2) is 6.98. The van der Waals surface area contributed by atoms with Crippen molar-refractivity contribution in [1.82, 2.24) is 4.98 Å². The molecule has 0 saturated heterocycles. The van der Waals surface area contributed by atoms with Gasteiger partial charge in [0.2, 0.25) is 0 Å². The first kappa shape index (κ1) is 15.2. The molecule has 0 aliphatic heterocycles. The Bertz CT molecular complexity index is 566. The molecule has 3 heteroatoms. The quantitative estimate of drug-likeness (QED) is 0.814. The number of pyridine rings is 1. The molecule has 0 spiro atoms. The topological polar surface area (TPSA) is 24.9 Å². The van der Waals surface area contributed by atoms with Gasteiger partial charge >= 0.3 is 0 Å². The van der Waals surface area contributed by atoms with Gasteiger partial charge in [-0.15, -0.1) is 0 Å². The van der Waals surface area contributed by atoms with Gasteiger partial charge in [-0.1, -0.05) is 39.0 Å². The van der Waals surface area contributed by atoms with Crippen molar-refractivity contribution in [2.45, 2.75) is 38.7 Å². The standard InChI is InChI=1S/C17H24N2S/c1-5-18-17-15(11-20-13(4)12(2)3)10-14-8-6-7-9-16(14)19-17/h6-10,12-13H,5,11H2,1-4H3,(H,18,19). The van der Waals surface area contributed by atoms with E-state index in [-0.39, 0.29) is 0 Å². The van der Waals surface area contributed by atoms with Crippen molar-refractivity contribution < 1.29 is 0 Å². The van der Waals surface area contributed by atoms with E-state index in [2.05, 4.69) is 57.3 Å². The fraction of sp³-hybridized carbons (Fsp3) is 0.471. The molecular formula is C17H24N2S. The molecule has 1 atom stereocenters. The zero-order chi connectivity index (χ0) is 14.5. The number of hydrogen-bond donors (Lipinski definition) is 1. The molecule has 0 aliphatic carbocycles. The molecule has 1 unspecified atom stereocenters. The van der Waals surface area contributed by atoms with Crippen molar-refractivity contribution in [2.24, 2.45) is 5.92 Å². The van der Waals surface area contributed by atoms with Gasteiger partial charge in [0.15, 0.2) is 0 Å². The smallest absolute Gasteiger partial charge is 0.130 e. The molecule has 1 aromatic carbocycles. The van der Waals surface area contributed by atoms with Gasteiger partial charge in [0, 0.05) is 28.5 Å². The average molecular weight is 288 g/mol. The maximum absolute atomic E-state index is 4.76. The van der Waals surface area contributed by atoms with Gasteiger partial charge in [-0.25, -0.2) is 4.98 Å². The van der Waals surface area contributed by atoms with Crippen LogP contribution in [0.5, 0.6) is 0 Å². The zero-order valence-electron chi connectivity index (χ0n) is 12.8. The van der Waals surface area contributed by atoms with E-state index in [4.69, 9.17) is 4.98 Å². The largest absolute Gasteiger partial charge is 0.370 e. The van der Waals surface area contributed by atoms with Crippen molar-refractivity contribution in [3.63, 3.8) is 0 Å². The molecule has 2 aromatic rings. The number of nitrogens with zero attached hydrogens (tertiary/aromatic N) is 1. The normalized spacial score (nSPS) is 12.8. The van der Waals surface area contributed by atoms with Crippen LogP contribution >= 0.6 is 11.8 Å². The Morgan fingerprint density at radius 2 is 1.95 bits per heavy atom. The lowest BCUT2D eigenvalue weighted by molar-refractivity contribution is 0.642. The Balaban J connectivity index is 2.27. The van der Waals surface area contributed by atoms with Gasteiger partial charge in [-0.3, -0.25) is 0 Å². The lowest BCUT2D eigenvalue weighted by Gasteiger charge is -2.17. The van der Waals surface area contributed by atoms with Crippen molar-refractivity contribution in [1.29, 1.82) is 0 Å². The minimum absolute atomic E-state index is 0.663. The summed E-state index contributed by atoms with van der Waals surface area (Å²) in [6.45, 7) is 9.88. The van der Waals surface area contributed by atoms with Gasteiger partial charge in [-0.2, -0.15) is 11.8 Å². The molecule has 0 radical (unpaired) electrons. The predicted octanol–water partition coefficient (Wildman–Crippen LogP) is 4.94. The van der Waals surface area contributed by atoms with E-state index in [9.17, 15) is 0 Å². The van der Waals surface area contributed by atoms with Crippen LogP contribution in [0.2, 0.25) is 0 Å².